The highest BCUT2D eigenvalue weighted by molar-refractivity contribution is 7.93. The van der Waals surface area contributed by atoms with Crippen molar-refractivity contribution in [2.24, 2.45) is 0 Å². The lowest BCUT2D eigenvalue weighted by Crippen LogP contribution is -2.35. The van der Waals surface area contributed by atoms with E-state index < -0.39 is 26.8 Å². The first-order valence-electron chi connectivity index (χ1n) is 12.6. The molecule has 0 radical (unpaired) electrons. The van der Waals surface area contributed by atoms with Gasteiger partial charge in [0.15, 0.2) is 5.82 Å². The van der Waals surface area contributed by atoms with Crippen LogP contribution in [0.3, 0.4) is 0 Å². The van der Waals surface area contributed by atoms with Crippen molar-refractivity contribution in [3.8, 4) is 17.2 Å². The predicted molar refractivity (Wildman–Crippen MR) is 143 cm³/mol. The molecule has 0 amide bonds. The zero-order chi connectivity index (χ0) is 27.8. The first-order valence-corrected chi connectivity index (χ1v) is 14.5. The second kappa shape index (κ2) is 10.9. The summed E-state index contributed by atoms with van der Waals surface area (Å²) in [4.78, 5) is 8.31. The zero-order valence-electron chi connectivity index (χ0n) is 22.1. The van der Waals surface area contributed by atoms with Crippen LogP contribution in [0.15, 0.2) is 30.6 Å². The van der Waals surface area contributed by atoms with Gasteiger partial charge in [-0.05, 0) is 44.7 Å². The Balaban J connectivity index is 1.62. The van der Waals surface area contributed by atoms with Crippen molar-refractivity contribution in [3.05, 3.63) is 47.3 Å². The molecule has 1 aliphatic heterocycles. The van der Waals surface area contributed by atoms with E-state index in [4.69, 9.17) is 30.5 Å². The number of halogens is 1. The lowest BCUT2D eigenvalue weighted by molar-refractivity contribution is 0.0911. The van der Waals surface area contributed by atoms with E-state index in [-0.39, 0.29) is 17.9 Å². The molecule has 14 heteroatoms. The van der Waals surface area contributed by atoms with E-state index in [9.17, 15) is 8.42 Å². The summed E-state index contributed by atoms with van der Waals surface area (Å²) < 4.78 is 54.8. The molecule has 0 bridgehead atoms. The number of para-hydroxylation sites is 1. The van der Waals surface area contributed by atoms with E-state index in [2.05, 4.69) is 24.9 Å². The molecule has 3 aromatic rings. The zero-order valence-corrected chi connectivity index (χ0v) is 23.7. The Hall–Kier alpha value is -3.00. The number of rotatable bonds is 10. The third kappa shape index (κ3) is 4.81. The fourth-order valence-corrected chi connectivity index (χ4v) is 6.84. The summed E-state index contributed by atoms with van der Waals surface area (Å²) in [6.07, 6.45) is 5.22. The van der Waals surface area contributed by atoms with Crippen molar-refractivity contribution in [2.75, 3.05) is 32.7 Å². The van der Waals surface area contributed by atoms with Crippen molar-refractivity contribution >= 4 is 27.6 Å². The number of anilines is 1. The Kier molecular flexibility index (Phi) is 7.68. The average molecular weight is 579 g/mol. The molecular weight excluding hydrogens is 548 g/mol. The standard InChI is InChI=1S/C25H31ClN6O6S/c1-15(21(37-4)22-27-13-16(26)14-28-22)39(33,34)31-24-30-29-23(25-10-6-9-19(25)38-12-11-25)32(24)20-17(35-2)7-5-8-18(20)36-3/h5,7-8,13-15,19,21H,6,9-12H2,1-4H3,(H,30,31)/t15-,19+,21-,25-/m0/s1. The minimum absolute atomic E-state index is 0.00143. The Bertz CT molecular complexity index is 1400. The van der Waals surface area contributed by atoms with Crippen LogP contribution < -0.4 is 14.2 Å². The summed E-state index contributed by atoms with van der Waals surface area (Å²) in [7, 11) is 0.367. The van der Waals surface area contributed by atoms with Crippen LogP contribution in [0.2, 0.25) is 5.02 Å². The van der Waals surface area contributed by atoms with Gasteiger partial charge in [-0.25, -0.2) is 18.4 Å². The number of nitrogens with one attached hydrogen (secondary N) is 1. The van der Waals surface area contributed by atoms with Crippen LogP contribution in [0, 0.1) is 0 Å². The second-order valence-electron chi connectivity index (χ2n) is 9.62. The van der Waals surface area contributed by atoms with Crippen LogP contribution in [0.5, 0.6) is 11.5 Å². The van der Waals surface area contributed by atoms with Gasteiger partial charge in [0.25, 0.3) is 0 Å². The molecule has 2 aliphatic rings. The van der Waals surface area contributed by atoms with Gasteiger partial charge in [-0.2, -0.15) is 0 Å². The van der Waals surface area contributed by atoms with E-state index in [0.29, 0.717) is 34.6 Å². The highest BCUT2D eigenvalue weighted by Crippen LogP contribution is 2.50. The van der Waals surface area contributed by atoms with Crippen LogP contribution in [0.4, 0.5) is 5.95 Å². The van der Waals surface area contributed by atoms with E-state index >= 15 is 0 Å². The molecule has 5 rings (SSSR count). The summed E-state index contributed by atoms with van der Waals surface area (Å²) in [5.74, 6) is 1.72. The number of nitrogens with zero attached hydrogens (tertiary/aromatic N) is 5. The maximum atomic E-state index is 13.7. The predicted octanol–water partition coefficient (Wildman–Crippen LogP) is 3.46. The van der Waals surface area contributed by atoms with Gasteiger partial charge in [-0.15, -0.1) is 10.2 Å². The number of sulfonamides is 1. The van der Waals surface area contributed by atoms with Gasteiger partial charge in [0, 0.05) is 26.1 Å². The first kappa shape index (κ1) is 27.6. The van der Waals surface area contributed by atoms with Crippen LogP contribution >= 0.6 is 11.6 Å². The lowest BCUT2D eigenvalue weighted by atomic mass is 9.81. The number of methoxy groups -OCH3 is 3. The molecule has 2 fully saturated rings. The molecule has 1 N–H and O–H groups in total. The van der Waals surface area contributed by atoms with Crippen molar-refractivity contribution in [1.82, 2.24) is 24.7 Å². The summed E-state index contributed by atoms with van der Waals surface area (Å²) in [6.45, 7) is 2.10. The largest absolute Gasteiger partial charge is 0.494 e. The summed E-state index contributed by atoms with van der Waals surface area (Å²) in [5, 5.41) is 8.13. The minimum atomic E-state index is -4.11. The van der Waals surface area contributed by atoms with E-state index in [1.807, 2.05) is 0 Å². The third-order valence-electron chi connectivity index (χ3n) is 7.60. The molecular formula is C25H31ClN6O6S. The Morgan fingerprint density at radius 1 is 1.13 bits per heavy atom. The summed E-state index contributed by atoms with van der Waals surface area (Å²) in [5.41, 5.74) is 0.0736. The van der Waals surface area contributed by atoms with Gasteiger partial charge < -0.3 is 18.9 Å². The van der Waals surface area contributed by atoms with Crippen LogP contribution in [0.25, 0.3) is 5.69 Å². The molecule has 39 heavy (non-hydrogen) atoms. The van der Waals surface area contributed by atoms with Crippen molar-refractivity contribution in [3.63, 3.8) is 0 Å². The molecule has 2 aromatic heterocycles. The molecule has 1 aromatic carbocycles. The second-order valence-corrected chi connectivity index (χ2v) is 12.1. The number of ether oxygens (including phenoxy) is 4. The van der Waals surface area contributed by atoms with Crippen molar-refractivity contribution in [1.29, 1.82) is 0 Å². The first-order chi connectivity index (χ1) is 18.8. The highest BCUT2D eigenvalue weighted by Gasteiger charge is 2.53. The smallest absolute Gasteiger partial charge is 0.243 e. The van der Waals surface area contributed by atoms with E-state index in [0.717, 1.165) is 25.7 Å². The molecule has 1 aliphatic carbocycles. The SMILES string of the molecule is COc1cccc(OC)c1-n1c(NS(=O)(=O)[C@@H](C)[C@H](OC)c2ncc(Cl)cn2)nnc1[C@]12CCC[C@H]1OCC2. The normalized spacial score (nSPS) is 22.3. The molecule has 1 saturated carbocycles. The average Bonchev–Trinajstić information content (AvgIpc) is 3.64. The number of hydrogen-bond donors (Lipinski definition) is 1. The van der Waals surface area contributed by atoms with E-state index in [1.54, 1.807) is 37.0 Å². The van der Waals surface area contributed by atoms with Crippen LogP contribution in [0.1, 0.15) is 50.4 Å². The van der Waals surface area contributed by atoms with E-state index in [1.165, 1.54) is 26.4 Å². The quantitative estimate of drug-likeness (QED) is 0.380. The maximum absolute atomic E-state index is 13.7. The fourth-order valence-electron chi connectivity index (χ4n) is 5.62. The molecule has 0 spiro atoms. The number of benzene rings is 1. The van der Waals surface area contributed by atoms with Crippen molar-refractivity contribution in [2.45, 2.75) is 55.5 Å². The summed E-state index contributed by atoms with van der Waals surface area (Å²) in [6, 6.07) is 5.34. The van der Waals surface area contributed by atoms with Gasteiger partial charge >= 0.3 is 0 Å². The molecule has 210 valence electrons. The Labute approximate surface area is 232 Å². The monoisotopic (exact) mass is 578 g/mol. The summed E-state index contributed by atoms with van der Waals surface area (Å²) >= 11 is 5.91. The molecule has 12 nitrogen and oxygen atoms in total. The molecule has 4 atom stereocenters. The Morgan fingerprint density at radius 3 is 2.46 bits per heavy atom. The van der Waals surface area contributed by atoms with Crippen molar-refractivity contribution < 1.29 is 27.4 Å². The fraction of sp³-hybridized carbons (Fsp3) is 0.520. The number of aromatic nitrogens is 5. The molecule has 1 saturated heterocycles. The number of fused-ring (bicyclic) bond motifs is 1. The van der Waals surface area contributed by atoms with Gasteiger partial charge in [-0.3, -0.25) is 9.29 Å². The third-order valence-corrected chi connectivity index (χ3v) is 9.49. The van der Waals surface area contributed by atoms with Gasteiger partial charge in [0.1, 0.15) is 34.4 Å². The van der Waals surface area contributed by atoms with Crippen LogP contribution in [-0.4, -0.2) is 72.4 Å². The number of hydrogen-bond acceptors (Lipinski definition) is 10. The van der Waals surface area contributed by atoms with Crippen LogP contribution in [-0.2, 0) is 24.9 Å². The highest BCUT2D eigenvalue weighted by atomic mass is 35.5. The molecule has 3 heterocycles. The lowest BCUT2D eigenvalue weighted by Gasteiger charge is -2.28. The Morgan fingerprint density at radius 2 is 1.82 bits per heavy atom. The topological polar surface area (TPSA) is 140 Å². The van der Waals surface area contributed by atoms with Gasteiger partial charge in [-0.1, -0.05) is 17.7 Å². The van der Waals surface area contributed by atoms with Gasteiger partial charge in [0.05, 0.1) is 30.8 Å². The maximum Gasteiger partial charge on any atom is 0.243 e. The minimum Gasteiger partial charge on any atom is -0.494 e. The molecule has 0 unspecified atom stereocenters. The van der Waals surface area contributed by atoms with Gasteiger partial charge in [0.2, 0.25) is 16.0 Å².